The summed E-state index contributed by atoms with van der Waals surface area (Å²) >= 11 is 1.62. The summed E-state index contributed by atoms with van der Waals surface area (Å²) in [5.41, 5.74) is 0. The molecule has 1 aliphatic carbocycles. The lowest BCUT2D eigenvalue weighted by atomic mass is 9.84. The van der Waals surface area contributed by atoms with Crippen molar-refractivity contribution in [1.29, 1.82) is 0 Å². The Labute approximate surface area is 129 Å². The van der Waals surface area contributed by atoms with Crippen molar-refractivity contribution in [2.75, 3.05) is 6.54 Å². The van der Waals surface area contributed by atoms with Gasteiger partial charge in [0.15, 0.2) is 0 Å². The van der Waals surface area contributed by atoms with E-state index in [4.69, 9.17) is 0 Å². The largest absolute Gasteiger partial charge is 0.481 e. The summed E-state index contributed by atoms with van der Waals surface area (Å²) in [6, 6.07) is 3.56. The second-order valence-electron chi connectivity index (χ2n) is 5.38. The number of carbonyl (C=O) groups is 2. The summed E-state index contributed by atoms with van der Waals surface area (Å²) in [6.45, 7) is 3.11. The Morgan fingerprint density at radius 3 is 2.81 bits per heavy atom. The predicted molar refractivity (Wildman–Crippen MR) is 82.3 cm³/mol. The van der Waals surface area contributed by atoms with Crippen LogP contribution in [0.4, 0.5) is 4.79 Å². The van der Waals surface area contributed by atoms with Gasteiger partial charge in [-0.15, -0.1) is 11.3 Å². The number of rotatable bonds is 5. The zero-order valence-electron chi connectivity index (χ0n) is 12.2. The fraction of sp³-hybridized carbons (Fsp3) is 0.600. The lowest BCUT2D eigenvalue weighted by Gasteiger charge is -2.31. The van der Waals surface area contributed by atoms with Crippen LogP contribution in [0.1, 0.15) is 37.5 Å². The van der Waals surface area contributed by atoms with Crippen molar-refractivity contribution in [3.05, 3.63) is 22.4 Å². The van der Waals surface area contributed by atoms with E-state index in [0.717, 1.165) is 24.1 Å². The number of hydrogen-bond acceptors (Lipinski definition) is 3. The minimum atomic E-state index is -0.804. The Balaban J connectivity index is 1.95. The molecule has 116 valence electrons. The topological polar surface area (TPSA) is 69.6 Å². The van der Waals surface area contributed by atoms with Gasteiger partial charge in [-0.2, -0.15) is 0 Å². The molecule has 0 aromatic carbocycles. The van der Waals surface area contributed by atoms with E-state index < -0.39 is 11.9 Å². The van der Waals surface area contributed by atoms with Crippen molar-refractivity contribution in [3.63, 3.8) is 0 Å². The third kappa shape index (κ3) is 4.20. The van der Waals surface area contributed by atoms with E-state index in [1.165, 1.54) is 0 Å². The molecule has 2 rings (SSSR count). The second kappa shape index (κ2) is 7.45. The van der Waals surface area contributed by atoms with E-state index in [1.807, 2.05) is 24.4 Å². The van der Waals surface area contributed by atoms with Gasteiger partial charge in [-0.3, -0.25) is 4.79 Å². The number of carboxylic acid groups (broad SMARTS) is 1. The van der Waals surface area contributed by atoms with Crippen LogP contribution in [0.2, 0.25) is 0 Å². The number of amides is 2. The highest BCUT2D eigenvalue weighted by molar-refractivity contribution is 7.09. The van der Waals surface area contributed by atoms with Crippen molar-refractivity contribution < 1.29 is 14.7 Å². The van der Waals surface area contributed by atoms with Gasteiger partial charge in [-0.05, 0) is 31.2 Å². The Morgan fingerprint density at radius 2 is 2.19 bits per heavy atom. The number of urea groups is 1. The molecule has 1 aromatic heterocycles. The first-order valence-electron chi connectivity index (χ1n) is 7.42. The molecule has 21 heavy (non-hydrogen) atoms. The molecule has 5 nitrogen and oxygen atoms in total. The van der Waals surface area contributed by atoms with Gasteiger partial charge in [0.05, 0.1) is 12.5 Å². The first-order chi connectivity index (χ1) is 10.1. The quantitative estimate of drug-likeness (QED) is 0.878. The zero-order chi connectivity index (χ0) is 15.2. The molecule has 1 heterocycles. The van der Waals surface area contributed by atoms with Gasteiger partial charge < -0.3 is 15.3 Å². The smallest absolute Gasteiger partial charge is 0.317 e. The number of carbonyl (C=O) groups excluding carboxylic acids is 1. The highest BCUT2D eigenvalue weighted by atomic mass is 32.1. The predicted octanol–water partition coefficient (Wildman–Crippen LogP) is 2.92. The zero-order valence-corrected chi connectivity index (χ0v) is 13.1. The van der Waals surface area contributed by atoms with Crippen molar-refractivity contribution in [3.8, 4) is 0 Å². The number of carboxylic acids is 1. The van der Waals surface area contributed by atoms with Crippen LogP contribution in [0.3, 0.4) is 0 Å². The van der Waals surface area contributed by atoms with Crippen LogP contribution in [0, 0.1) is 5.92 Å². The average molecular weight is 310 g/mol. The van der Waals surface area contributed by atoms with Gasteiger partial charge in [0, 0.05) is 17.5 Å². The van der Waals surface area contributed by atoms with Crippen molar-refractivity contribution in [2.45, 2.75) is 45.2 Å². The molecule has 1 fully saturated rings. The first-order valence-corrected chi connectivity index (χ1v) is 8.30. The highest BCUT2D eigenvalue weighted by Crippen LogP contribution is 2.25. The summed E-state index contributed by atoms with van der Waals surface area (Å²) in [7, 11) is 0. The SMILES string of the molecule is CCN(Cc1cccs1)C(=O)NC1CCCCC1C(=O)O. The highest BCUT2D eigenvalue weighted by Gasteiger charge is 2.32. The fourth-order valence-corrected chi connectivity index (χ4v) is 3.49. The fourth-order valence-electron chi connectivity index (χ4n) is 2.77. The molecule has 0 aliphatic heterocycles. The minimum Gasteiger partial charge on any atom is -0.481 e. The molecule has 2 atom stereocenters. The van der Waals surface area contributed by atoms with Gasteiger partial charge in [-0.1, -0.05) is 18.9 Å². The molecule has 0 bridgehead atoms. The summed E-state index contributed by atoms with van der Waals surface area (Å²) in [5, 5.41) is 14.2. The molecule has 6 heteroatoms. The summed E-state index contributed by atoms with van der Waals surface area (Å²) < 4.78 is 0. The van der Waals surface area contributed by atoms with E-state index >= 15 is 0 Å². The lowest BCUT2D eigenvalue weighted by molar-refractivity contribution is -0.143. The summed E-state index contributed by atoms with van der Waals surface area (Å²) in [6.07, 6.45) is 3.30. The standard InChI is InChI=1S/C15H22N2O3S/c1-2-17(10-11-6-5-9-21-11)15(20)16-13-8-4-3-7-12(13)14(18)19/h5-6,9,12-13H,2-4,7-8,10H2,1H3,(H,16,20)(H,18,19). The van der Waals surface area contributed by atoms with Gasteiger partial charge in [0.1, 0.15) is 0 Å². The van der Waals surface area contributed by atoms with Crippen molar-refractivity contribution in [2.24, 2.45) is 5.92 Å². The van der Waals surface area contributed by atoms with Crippen LogP contribution in [-0.2, 0) is 11.3 Å². The molecule has 2 unspecified atom stereocenters. The molecule has 0 spiro atoms. The Hall–Kier alpha value is -1.56. The van der Waals surface area contributed by atoms with Gasteiger partial charge in [0.25, 0.3) is 0 Å². The van der Waals surface area contributed by atoms with Crippen LogP contribution in [0.5, 0.6) is 0 Å². The van der Waals surface area contributed by atoms with E-state index in [0.29, 0.717) is 19.5 Å². The molecule has 2 N–H and O–H groups in total. The number of thiophene rings is 1. The minimum absolute atomic E-state index is 0.163. The second-order valence-corrected chi connectivity index (χ2v) is 6.41. The van der Waals surface area contributed by atoms with Gasteiger partial charge >= 0.3 is 12.0 Å². The van der Waals surface area contributed by atoms with E-state index in [9.17, 15) is 14.7 Å². The van der Waals surface area contributed by atoms with Gasteiger partial charge in [0.2, 0.25) is 0 Å². The maximum Gasteiger partial charge on any atom is 0.317 e. The van der Waals surface area contributed by atoms with Crippen LogP contribution in [-0.4, -0.2) is 34.6 Å². The normalized spacial score (nSPS) is 21.8. The summed E-state index contributed by atoms with van der Waals surface area (Å²) in [4.78, 5) is 26.5. The van der Waals surface area contributed by atoms with Crippen LogP contribution < -0.4 is 5.32 Å². The van der Waals surface area contributed by atoms with Crippen LogP contribution >= 0.6 is 11.3 Å². The number of nitrogens with zero attached hydrogens (tertiary/aromatic N) is 1. The lowest BCUT2D eigenvalue weighted by Crippen LogP contribution is -2.49. The van der Waals surface area contributed by atoms with Crippen LogP contribution in [0.15, 0.2) is 17.5 Å². The van der Waals surface area contributed by atoms with E-state index in [-0.39, 0.29) is 12.1 Å². The average Bonchev–Trinajstić information content (AvgIpc) is 2.98. The maximum atomic E-state index is 12.4. The van der Waals surface area contributed by atoms with Crippen LogP contribution in [0.25, 0.3) is 0 Å². The third-order valence-corrected chi connectivity index (χ3v) is 4.85. The molecule has 0 radical (unpaired) electrons. The number of hydrogen-bond donors (Lipinski definition) is 2. The Kier molecular flexibility index (Phi) is 5.61. The monoisotopic (exact) mass is 310 g/mol. The third-order valence-electron chi connectivity index (χ3n) is 3.99. The molecule has 1 saturated carbocycles. The summed E-state index contributed by atoms with van der Waals surface area (Å²) in [5.74, 6) is -1.26. The molecule has 2 amide bonds. The molecular weight excluding hydrogens is 288 g/mol. The number of nitrogens with one attached hydrogen (secondary N) is 1. The van der Waals surface area contributed by atoms with Crippen molar-refractivity contribution in [1.82, 2.24) is 10.2 Å². The maximum absolute atomic E-state index is 12.4. The van der Waals surface area contributed by atoms with E-state index in [2.05, 4.69) is 5.32 Å². The van der Waals surface area contributed by atoms with E-state index in [1.54, 1.807) is 16.2 Å². The van der Waals surface area contributed by atoms with Gasteiger partial charge in [-0.25, -0.2) is 4.79 Å². The number of aliphatic carboxylic acids is 1. The molecule has 1 aromatic rings. The molecular formula is C15H22N2O3S. The Bertz CT molecular complexity index is 475. The first kappa shape index (κ1) is 15.8. The Morgan fingerprint density at radius 1 is 1.43 bits per heavy atom. The molecule has 0 saturated heterocycles. The van der Waals surface area contributed by atoms with Crippen molar-refractivity contribution >= 4 is 23.3 Å². The molecule has 1 aliphatic rings.